The summed E-state index contributed by atoms with van der Waals surface area (Å²) >= 11 is 0. The lowest BCUT2D eigenvalue weighted by atomic mass is 10.2. The third-order valence-electron chi connectivity index (χ3n) is 3.59. The summed E-state index contributed by atoms with van der Waals surface area (Å²) in [6.07, 6.45) is 1.76. The van der Waals surface area contributed by atoms with Crippen LogP contribution in [-0.4, -0.2) is 42.3 Å². The molecule has 2 N–H and O–H groups in total. The molecule has 1 aliphatic heterocycles. The number of nitrogens with one attached hydrogen (secondary N) is 2. The summed E-state index contributed by atoms with van der Waals surface area (Å²) < 4.78 is 5.44. The number of morpholine rings is 1. The van der Waals surface area contributed by atoms with Crippen LogP contribution in [0, 0.1) is 0 Å². The predicted octanol–water partition coefficient (Wildman–Crippen LogP) is 2.88. The average molecular weight is 313 g/mol. The molecule has 122 valence electrons. The molecular formula is C17H23N5O. The lowest BCUT2D eigenvalue weighted by molar-refractivity contribution is 0.123. The first kappa shape index (κ1) is 15.6. The minimum atomic E-state index is 0.297. The second kappa shape index (κ2) is 7.28. The van der Waals surface area contributed by atoms with Crippen molar-refractivity contribution in [1.29, 1.82) is 0 Å². The van der Waals surface area contributed by atoms with Crippen molar-refractivity contribution >= 4 is 23.1 Å². The van der Waals surface area contributed by atoms with E-state index in [-0.39, 0.29) is 0 Å². The van der Waals surface area contributed by atoms with E-state index < -0.39 is 0 Å². The molecule has 0 atom stereocenters. The van der Waals surface area contributed by atoms with Gasteiger partial charge in [0, 0.05) is 25.3 Å². The highest BCUT2D eigenvalue weighted by atomic mass is 16.5. The molecular weight excluding hydrogens is 290 g/mol. The second-order valence-electron chi connectivity index (χ2n) is 5.81. The van der Waals surface area contributed by atoms with Crippen LogP contribution in [0.1, 0.15) is 13.8 Å². The molecule has 1 saturated heterocycles. The molecule has 1 aromatic carbocycles. The van der Waals surface area contributed by atoms with E-state index in [2.05, 4.69) is 57.5 Å². The van der Waals surface area contributed by atoms with Crippen LogP contribution in [0.15, 0.2) is 36.5 Å². The van der Waals surface area contributed by atoms with Crippen molar-refractivity contribution in [2.24, 2.45) is 0 Å². The minimum Gasteiger partial charge on any atom is -0.378 e. The molecule has 1 aromatic heterocycles. The molecule has 2 heterocycles. The Morgan fingerprint density at radius 2 is 1.91 bits per heavy atom. The van der Waals surface area contributed by atoms with Gasteiger partial charge in [-0.05, 0) is 32.0 Å². The molecule has 1 aliphatic rings. The Morgan fingerprint density at radius 1 is 1.13 bits per heavy atom. The molecule has 6 nitrogen and oxygen atoms in total. The highest BCUT2D eigenvalue weighted by Gasteiger charge is 2.14. The quantitative estimate of drug-likeness (QED) is 0.885. The van der Waals surface area contributed by atoms with E-state index in [1.54, 1.807) is 6.20 Å². The molecule has 0 radical (unpaired) electrons. The number of nitrogens with zero attached hydrogens (tertiary/aromatic N) is 3. The van der Waals surface area contributed by atoms with Crippen molar-refractivity contribution in [2.45, 2.75) is 19.9 Å². The Kier molecular flexibility index (Phi) is 4.92. The van der Waals surface area contributed by atoms with Crippen LogP contribution in [0.4, 0.5) is 23.1 Å². The summed E-state index contributed by atoms with van der Waals surface area (Å²) in [4.78, 5) is 11.1. The van der Waals surface area contributed by atoms with Gasteiger partial charge in [-0.3, -0.25) is 0 Å². The summed E-state index contributed by atoms with van der Waals surface area (Å²) in [6, 6.07) is 10.5. The van der Waals surface area contributed by atoms with Crippen molar-refractivity contribution in [3.8, 4) is 0 Å². The van der Waals surface area contributed by atoms with E-state index in [4.69, 9.17) is 4.74 Å². The predicted molar refractivity (Wildman–Crippen MR) is 93.5 cm³/mol. The van der Waals surface area contributed by atoms with Crippen LogP contribution in [0.3, 0.4) is 0 Å². The van der Waals surface area contributed by atoms with E-state index in [9.17, 15) is 0 Å². The van der Waals surface area contributed by atoms with Gasteiger partial charge in [0.05, 0.1) is 24.6 Å². The first-order valence-electron chi connectivity index (χ1n) is 8.01. The number of rotatable bonds is 5. The number of aromatic nitrogens is 2. The number of benzene rings is 1. The van der Waals surface area contributed by atoms with E-state index in [1.807, 2.05) is 12.1 Å². The maximum Gasteiger partial charge on any atom is 0.224 e. The highest BCUT2D eigenvalue weighted by Crippen LogP contribution is 2.28. The van der Waals surface area contributed by atoms with Crippen LogP contribution >= 0.6 is 0 Å². The fraction of sp³-hybridized carbons (Fsp3) is 0.412. The van der Waals surface area contributed by atoms with Crippen molar-refractivity contribution in [3.63, 3.8) is 0 Å². The van der Waals surface area contributed by atoms with Gasteiger partial charge in [-0.1, -0.05) is 12.1 Å². The first-order chi connectivity index (χ1) is 11.2. The monoisotopic (exact) mass is 313 g/mol. The van der Waals surface area contributed by atoms with Crippen LogP contribution in [-0.2, 0) is 4.74 Å². The third-order valence-corrected chi connectivity index (χ3v) is 3.59. The summed E-state index contributed by atoms with van der Waals surface area (Å²) in [7, 11) is 0. The second-order valence-corrected chi connectivity index (χ2v) is 5.81. The van der Waals surface area contributed by atoms with Gasteiger partial charge in [0.1, 0.15) is 5.82 Å². The van der Waals surface area contributed by atoms with Gasteiger partial charge in [0.15, 0.2) is 0 Å². The van der Waals surface area contributed by atoms with Crippen molar-refractivity contribution in [3.05, 3.63) is 36.5 Å². The van der Waals surface area contributed by atoms with Crippen LogP contribution < -0.4 is 15.5 Å². The lowest BCUT2D eigenvalue weighted by Gasteiger charge is -2.30. The Labute approximate surface area is 136 Å². The number of para-hydroxylation sites is 2. The van der Waals surface area contributed by atoms with Crippen LogP contribution in [0.25, 0.3) is 0 Å². The number of ether oxygens (including phenoxy) is 1. The first-order valence-corrected chi connectivity index (χ1v) is 8.01. The third kappa shape index (κ3) is 4.10. The Morgan fingerprint density at radius 3 is 2.70 bits per heavy atom. The molecule has 1 fully saturated rings. The standard InChI is InChI=1S/C17H23N5O/c1-13(2)19-17-18-8-7-16(21-17)20-14-5-3-4-6-15(14)22-9-11-23-12-10-22/h3-8,13H,9-12H2,1-2H3,(H2,18,19,20,21). The maximum atomic E-state index is 5.44. The molecule has 0 bridgehead atoms. The largest absolute Gasteiger partial charge is 0.378 e. The lowest BCUT2D eigenvalue weighted by Crippen LogP contribution is -2.36. The zero-order valence-corrected chi connectivity index (χ0v) is 13.6. The summed E-state index contributed by atoms with van der Waals surface area (Å²) in [6.45, 7) is 7.48. The molecule has 0 saturated carbocycles. The SMILES string of the molecule is CC(C)Nc1nccc(Nc2ccccc2N2CCOCC2)n1. The Balaban J connectivity index is 1.80. The molecule has 2 aromatic rings. The molecule has 0 spiro atoms. The zero-order chi connectivity index (χ0) is 16.1. The molecule has 0 aliphatic carbocycles. The van der Waals surface area contributed by atoms with Gasteiger partial charge < -0.3 is 20.3 Å². The van der Waals surface area contributed by atoms with Gasteiger partial charge in [0.2, 0.25) is 5.95 Å². The molecule has 23 heavy (non-hydrogen) atoms. The van der Waals surface area contributed by atoms with Gasteiger partial charge in [-0.15, -0.1) is 0 Å². The molecule has 3 rings (SSSR count). The molecule has 0 amide bonds. The van der Waals surface area contributed by atoms with Crippen LogP contribution in [0.5, 0.6) is 0 Å². The highest BCUT2D eigenvalue weighted by molar-refractivity contribution is 5.74. The fourth-order valence-electron chi connectivity index (χ4n) is 2.55. The van der Waals surface area contributed by atoms with Crippen molar-refractivity contribution in [2.75, 3.05) is 41.8 Å². The van der Waals surface area contributed by atoms with E-state index >= 15 is 0 Å². The van der Waals surface area contributed by atoms with Gasteiger partial charge in [-0.25, -0.2) is 4.98 Å². The number of hydrogen-bond donors (Lipinski definition) is 2. The Bertz CT molecular complexity index is 640. The minimum absolute atomic E-state index is 0.297. The summed E-state index contributed by atoms with van der Waals surface area (Å²) in [5.41, 5.74) is 2.22. The van der Waals surface area contributed by atoms with E-state index in [1.165, 1.54) is 5.69 Å². The van der Waals surface area contributed by atoms with Gasteiger partial charge >= 0.3 is 0 Å². The average Bonchev–Trinajstić information content (AvgIpc) is 2.56. The fourth-order valence-corrected chi connectivity index (χ4v) is 2.55. The van der Waals surface area contributed by atoms with Crippen molar-refractivity contribution < 1.29 is 4.74 Å². The summed E-state index contributed by atoms with van der Waals surface area (Å²) in [5, 5.41) is 6.63. The van der Waals surface area contributed by atoms with E-state index in [0.717, 1.165) is 37.8 Å². The smallest absolute Gasteiger partial charge is 0.224 e. The maximum absolute atomic E-state index is 5.44. The van der Waals surface area contributed by atoms with Crippen LogP contribution in [0.2, 0.25) is 0 Å². The number of anilines is 4. The van der Waals surface area contributed by atoms with Gasteiger partial charge in [-0.2, -0.15) is 4.98 Å². The summed E-state index contributed by atoms with van der Waals surface area (Å²) in [5.74, 6) is 1.41. The van der Waals surface area contributed by atoms with E-state index in [0.29, 0.717) is 12.0 Å². The molecule has 6 heteroatoms. The topological polar surface area (TPSA) is 62.3 Å². The van der Waals surface area contributed by atoms with Gasteiger partial charge in [0.25, 0.3) is 0 Å². The normalized spacial score (nSPS) is 14.8. The Hall–Kier alpha value is -2.34. The van der Waals surface area contributed by atoms with Crippen molar-refractivity contribution in [1.82, 2.24) is 9.97 Å². The molecule has 0 unspecified atom stereocenters. The zero-order valence-electron chi connectivity index (χ0n) is 13.6. The number of hydrogen-bond acceptors (Lipinski definition) is 6.